The van der Waals surface area contributed by atoms with Gasteiger partial charge in [0.1, 0.15) is 4.33 Å². The van der Waals surface area contributed by atoms with E-state index < -0.39 is 16.2 Å². The number of amides is 1. The third-order valence-electron chi connectivity index (χ3n) is 7.46. The van der Waals surface area contributed by atoms with Gasteiger partial charge in [-0.05, 0) is 72.1 Å². The molecule has 0 radical (unpaired) electrons. The summed E-state index contributed by atoms with van der Waals surface area (Å²) in [6.45, 7) is 8.48. The standard InChI is InChI=1S/C31H27Cl5N2O2/c1-15-16(5-8-24-21(15)14-26(38-24)30(2,3)4)11-25(39)22-13-20(6-7-23(22)34)37-29(40)28-27(31(28,35)36)17-9-18(32)12-19(33)10-17/h5-10,12-14,27-28,38H,11H2,1-4H3,(H,37,40). The van der Waals surface area contributed by atoms with Gasteiger partial charge in [0.2, 0.25) is 5.91 Å². The molecule has 1 amide bonds. The van der Waals surface area contributed by atoms with E-state index in [9.17, 15) is 9.59 Å². The number of carbonyl (C=O) groups is 2. The van der Waals surface area contributed by atoms with E-state index in [2.05, 4.69) is 37.1 Å². The average Bonchev–Trinajstić information content (AvgIpc) is 3.18. The van der Waals surface area contributed by atoms with Crippen LogP contribution in [0.1, 0.15) is 59.4 Å². The number of ketones is 1. The van der Waals surface area contributed by atoms with Gasteiger partial charge in [-0.25, -0.2) is 0 Å². The Kier molecular flexibility index (Phi) is 7.74. The van der Waals surface area contributed by atoms with Crippen LogP contribution in [0.25, 0.3) is 10.9 Å². The second kappa shape index (κ2) is 10.6. The maximum Gasteiger partial charge on any atom is 0.231 e. The summed E-state index contributed by atoms with van der Waals surface area (Å²) < 4.78 is -1.32. The maximum absolute atomic E-state index is 13.4. The Hall–Kier alpha value is -2.21. The molecule has 1 aliphatic rings. The zero-order chi connectivity index (χ0) is 29.1. The summed E-state index contributed by atoms with van der Waals surface area (Å²) in [6, 6.07) is 15.9. The number of aromatic amines is 1. The van der Waals surface area contributed by atoms with Crippen molar-refractivity contribution in [1.82, 2.24) is 4.98 Å². The van der Waals surface area contributed by atoms with Gasteiger partial charge < -0.3 is 10.3 Å². The molecule has 0 aliphatic heterocycles. The van der Waals surface area contributed by atoms with Gasteiger partial charge in [-0.3, -0.25) is 9.59 Å². The Labute approximate surface area is 258 Å². The monoisotopic (exact) mass is 634 g/mol. The molecule has 1 heterocycles. The summed E-state index contributed by atoms with van der Waals surface area (Å²) in [6.07, 6.45) is 0.168. The lowest BCUT2D eigenvalue weighted by molar-refractivity contribution is -0.117. The van der Waals surface area contributed by atoms with Crippen LogP contribution < -0.4 is 5.32 Å². The van der Waals surface area contributed by atoms with Crippen LogP contribution in [0, 0.1) is 12.8 Å². The van der Waals surface area contributed by atoms with Crippen LogP contribution in [-0.2, 0) is 16.6 Å². The van der Waals surface area contributed by atoms with Gasteiger partial charge in [0.15, 0.2) is 5.78 Å². The number of rotatable bonds is 6. The molecule has 5 rings (SSSR count). The lowest BCUT2D eigenvalue weighted by Gasteiger charge is -2.15. The highest BCUT2D eigenvalue weighted by Gasteiger charge is 2.67. The lowest BCUT2D eigenvalue weighted by Crippen LogP contribution is -2.17. The van der Waals surface area contributed by atoms with Crippen molar-refractivity contribution in [1.29, 1.82) is 0 Å². The van der Waals surface area contributed by atoms with Gasteiger partial charge in [-0.15, -0.1) is 23.2 Å². The summed E-state index contributed by atoms with van der Waals surface area (Å²) in [5.74, 6) is -1.74. The Balaban J connectivity index is 1.34. The second-order valence-electron chi connectivity index (χ2n) is 11.4. The average molecular weight is 637 g/mol. The predicted molar refractivity (Wildman–Crippen MR) is 167 cm³/mol. The van der Waals surface area contributed by atoms with Crippen molar-refractivity contribution in [2.24, 2.45) is 5.92 Å². The smallest absolute Gasteiger partial charge is 0.231 e. The highest BCUT2D eigenvalue weighted by atomic mass is 35.5. The SMILES string of the molecule is Cc1c(CC(=O)c2cc(NC(=O)C3C(c4cc(Cl)cc(Cl)c4)C3(Cl)Cl)ccc2Cl)ccc2[nH]c(C(C)(C)C)cc12. The Bertz CT molecular complexity index is 1650. The minimum atomic E-state index is -1.32. The molecule has 2 atom stereocenters. The fourth-order valence-electron chi connectivity index (χ4n) is 5.12. The van der Waals surface area contributed by atoms with Crippen molar-refractivity contribution < 1.29 is 9.59 Å². The number of halogens is 5. The lowest BCUT2D eigenvalue weighted by atomic mass is 9.92. The molecular weight excluding hydrogens is 610 g/mol. The number of fused-ring (bicyclic) bond motifs is 1. The first kappa shape index (κ1) is 29.3. The summed E-state index contributed by atoms with van der Waals surface area (Å²) in [7, 11) is 0. The maximum atomic E-state index is 13.4. The summed E-state index contributed by atoms with van der Waals surface area (Å²) in [4.78, 5) is 30.1. The van der Waals surface area contributed by atoms with E-state index >= 15 is 0 Å². The number of Topliss-reactive ketones (excluding diaryl/α,β-unsaturated/α-hetero) is 1. The van der Waals surface area contributed by atoms with Crippen LogP contribution in [0.3, 0.4) is 0 Å². The number of aryl methyl sites for hydroxylation is 1. The van der Waals surface area contributed by atoms with E-state index in [0.717, 1.165) is 27.7 Å². The van der Waals surface area contributed by atoms with Crippen molar-refractivity contribution in [2.75, 3.05) is 5.32 Å². The van der Waals surface area contributed by atoms with E-state index in [1.165, 1.54) is 0 Å². The molecular formula is C31H27Cl5N2O2. The summed E-state index contributed by atoms with van der Waals surface area (Å²) in [5, 5.41) is 5.09. The molecule has 1 fully saturated rings. The molecule has 0 saturated heterocycles. The summed E-state index contributed by atoms with van der Waals surface area (Å²) in [5.41, 5.74) is 5.53. The molecule has 208 valence electrons. The van der Waals surface area contributed by atoms with Crippen LogP contribution in [-0.4, -0.2) is 21.0 Å². The van der Waals surface area contributed by atoms with Gasteiger partial charge in [0.25, 0.3) is 0 Å². The quantitative estimate of drug-likeness (QED) is 0.164. The van der Waals surface area contributed by atoms with Gasteiger partial charge in [0.05, 0.1) is 10.9 Å². The number of H-pyrrole nitrogens is 1. The zero-order valence-corrected chi connectivity index (χ0v) is 26.0. The molecule has 3 aromatic carbocycles. The number of carbonyl (C=O) groups excluding carboxylic acids is 2. The number of hydrogen-bond acceptors (Lipinski definition) is 2. The van der Waals surface area contributed by atoms with Crippen LogP contribution in [0.15, 0.2) is 54.6 Å². The largest absolute Gasteiger partial charge is 0.358 e. The highest BCUT2D eigenvalue weighted by Crippen LogP contribution is 2.65. The van der Waals surface area contributed by atoms with Gasteiger partial charge in [0, 0.05) is 55.6 Å². The van der Waals surface area contributed by atoms with E-state index in [-0.39, 0.29) is 23.5 Å². The first-order valence-electron chi connectivity index (χ1n) is 12.8. The van der Waals surface area contributed by atoms with E-state index in [1.807, 2.05) is 19.1 Å². The van der Waals surface area contributed by atoms with Gasteiger partial charge in [-0.2, -0.15) is 0 Å². The molecule has 40 heavy (non-hydrogen) atoms. The molecule has 0 bridgehead atoms. The molecule has 2 unspecified atom stereocenters. The Morgan fingerprint density at radius 2 is 1.62 bits per heavy atom. The normalized spacial score (nSPS) is 18.1. The molecule has 0 spiro atoms. The molecule has 4 nitrogen and oxygen atoms in total. The number of anilines is 1. The van der Waals surface area contributed by atoms with Crippen molar-refractivity contribution in [3.8, 4) is 0 Å². The zero-order valence-electron chi connectivity index (χ0n) is 22.3. The number of benzene rings is 3. The first-order valence-corrected chi connectivity index (χ1v) is 14.6. The fraction of sp³-hybridized carbons (Fsp3) is 0.290. The third-order valence-corrected chi connectivity index (χ3v) is 9.16. The predicted octanol–water partition coefficient (Wildman–Crippen LogP) is 9.69. The second-order valence-corrected chi connectivity index (χ2v) is 14.1. The minimum Gasteiger partial charge on any atom is -0.358 e. The number of nitrogens with one attached hydrogen (secondary N) is 2. The highest BCUT2D eigenvalue weighted by molar-refractivity contribution is 6.53. The van der Waals surface area contributed by atoms with E-state index in [1.54, 1.807) is 36.4 Å². The van der Waals surface area contributed by atoms with Crippen LogP contribution in [0.5, 0.6) is 0 Å². The number of alkyl halides is 2. The fourth-order valence-corrected chi connectivity index (χ4v) is 6.71. The number of aromatic nitrogens is 1. The van der Waals surface area contributed by atoms with Crippen LogP contribution in [0.2, 0.25) is 15.1 Å². The van der Waals surface area contributed by atoms with Crippen molar-refractivity contribution in [3.05, 3.63) is 97.6 Å². The minimum absolute atomic E-state index is 0.0197. The van der Waals surface area contributed by atoms with Crippen molar-refractivity contribution >= 4 is 86.3 Å². The Morgan fingerprint density at radius 1 is 0.950 bits per heavy atom. The molecule has 9 heteroatoms. The molecule has 4 aromatic rings. The topological polar surface area (TPSA) is 62.0 Å². The molecule has 1 aromatic heterocycles. The Morgan fingerprint density at radius 3 is 2.27 bits per heavy atom. The van der Waals surface area contributed by atoms with Crippen molar-refractivity contribution in [2.45, 2.75) is 49.8 Å². The van der Waals surface area contributed by atoms with Crippen LogP contribution >= 0.6 is 58.0 Å². The third kappa shape index (κ3) is 5.62. The van der Waals surface area contributed by atoms with Gasteiger partial charge >= 0.3 is 0 Å². The molecule has 1 saturated carbocycles. The van der Waals surface area contributed by atoms with E-state index in [4.69, 9.17) is 58.0 Å². The van der Waals surface area contributed by atoms with Crippen molar-refractivity contribution in [3.63, 3.8) is 0 Å². The first-order chi connectivity index (χ1) is 18.7. The van der Waals surface area contributed by atoms with Crippen LogP contribution in [0.4, 0.5) is 5.69 Å². The van der Waals surface area contributed by atoms with E-state index in [0.29, 0.717) is 31.9 Å². The number of hydrogen-bond donors (Lipinski definition) is 2. The molecule has 2 N–H and O–H groups in total. The van der Waals surface area contributed by atoms with Gasteiger partial charge in [-0.1, -0.05) is 61.6 Å². The summed E-state index contributed by atoms with van der Waals surface area (Å²) >= 11 is 31.7. The molecule has 1 aliphatic carbocycles.